The molecule has 1 amide bonds. The van der Waals surface area contributed by atoms with Gasteiger partial charge in [-0.25, -0.2) is 9.97 Å². The van der Waals surface area contributed by atoms with Crippen molar-refractivity contribution >= 4 is 68.8 Å². The first-order chi connectivity index (χ1) is 11.9. The third kappa shape index (κ3) is 3.67. The summed E-state index contributed by atoms with van der Waals surface area (Å²) in [6.07, 6.45) is 5.78. The number of fused-ring (bicyclic) bond motifs is 1. The average Bonchev–Trinajstić information content (AvgIpc) is 3.04. The van der Waals surface area contributed by atoms with Crippen LogP contribution in [-0.2, 0) is 12.8 Å². The summed E-state index contributed by atoms with van der Waals surface area (Å²) in [6.45, 7) is 3.98. The van der Waals surface area contributed by atoms with Gasteiger partial charge in [0, 0.05) is 11.4 Å². The molecule has 4 nitrogen and oxygen atoms in total. The van der Waals surface area contributed by atoms with Crippen molar-refractivity contribution in [2.75, 3.05) is 11.4 Å². The van der Waals surface area contributed by atoms with Gasteiger partial charge in [0.1, 0.15) is 5.15 Å². The Morgan fingerprint density at radius 1 is 1.12 bits per heavy atom. The fourth-order valence-corrected chi connectivity index (χ4v) is 4.55. The lowest BCUT2D eigenvalue weighted by Crippen LogP contribution is -2.32. The number of anilines is 1. The summed E-state index contributed by atoms with van der Waals surface area (Å²) < 4.78 is 0. The number of carbonyl (C=O) groups is 1. The standard InChI is InChI=1S/C16H13Cl4N3OS/c1-2-7-23(16-21-8-5-3-4-6-9(8)25-16)15(24)13-11(18)10(17)12(19)14(20)22-13/h2H,1,3-7H2. The van der Waals surface area contributed by atoms with Gasteiger partial charge < -0.3 is 0 Å². The summed E-state index contributed by atoms with van der Waals surface area (Å²) in [5, 5.41) is 0.512. The summed E-state index contributed by atoms with van der Waals surface area (Å²) >= 11 is 25.6. The number of rotatable bonds is 4. The van der Waals surface area contributed by atoms with E-state index in [1.807, 2.05) is 0 Å². The van der Waals surface area contributed by atoms with Crippen LogP contribution in [0.15, 0.2) is 12.7 Å². The Morgan fingerprint density at radius 2 is 1.84 bits per heavy atom. The van der Waals surface area contributed by atoms with Gasteiger partial charge in [-0.1, -0.05) is 52.5 Å². The van der Waals surface area contributed by atoms with E-state index in [4.69, 9.17) is 46.4 Å². The Hall–Kier alpha value is -0.850. The Bertz CT molecular complexity index is 829. The van der Waals surface area contributed by atoms with Crippen molar-refractivity contribution in [3.8, 4) is 0 Å². The summed E-state index contributed by atoms with van der Waals surface area (Å²) in [5.41, 5.74) is 0.996. The van der Waals surface area contributed by atoms with Crippen LogP contribution in [0.1, 0.15) is 33.9 Å². The fourth-order valence-electron chi connectivity index (χ4n) is 2.59. The highest BCUT2D eigenvalue weighted by Crippen LogP contribution is 2.38. The van der Waals surface area contributed by atoms with Gasteiger partial charge in [0.25, 0.3) is 5.91 Å². The molecule has 2 heterocycles. The first-order valence-corrected chi connectivity index (χ1v) is 9.88. The number of hydrogen-bond acceptors (Lipinski definition) is 4. The quantitative estimate of drug-likeness (QED) is 0.445. The molecule has 2 aromatic heterocycles. The highest BCUT2D eigenvalue weighted by Gasteiger charge is 2.28. The number of pyridine rings is 1. The molecule has 25 heavy (non-hydrogen) atoms. The van der Waals surface area contributed by atoms with Gasteiger partial charge in [0.15, 0.2) is 10.8 Å². The lowest BCUT2D eigenvalue weighted by Gasteiger charge is -2.18. The van der Waals surface area contributed by atoms with Crippen molar-refractivity contribution in [2.45, 2.75) is 25.7 Å². The minimum atomic E-state index is -0.448. The predicted molar refractivity (Wildman–Crippen MR) is 105 cm³/mol. The molecular weight excluding hydrogens is 424 g/mol. The van der Waals surface area contributed by atoms with Crippen LogP contribution in [-0.4, -0.2) is 22.4 Å². The van der Waals surface area contributed by atoms with Crippen molar-refractivity contribution in [2.24, 2.45) is 0 Å². The van der Waals surface area contributed by atoms with Crippen LogP contribution < -0.4 is 4.90 Å². The number of nitrogens with zero attached hydrogens (tertiary/aromatic N) is 3. The van der Waals surface area contributed by atoms with Crippen LogP contribution in [0, 0.1) is 0 Å². The van der Waals surface area contributed by atoms with E-state index >= 15 is 0 Å². The van der Waals surface area contributed by atoms with Crippen molar-refractivity contribution < 1.29 is 4.79 Å². The molecule has 0 atom stereocenters. The second-order valence-electron chi connectivity index (χ2n) is 5.47. The van der Waals surface area contributed by atoms with E-state index in [2.05, 4.69) is 16.5 Å². The van der Waals surface area contributed by atoms with Crippen molar-refractivity contribution in [1.29, 1.82) is 0 Å². The van der Waals surface area contributed by atoms with Gasteiger partial charge in [-0.2, -0.15) is 0 Å². The zero-order chi connectivity index (χ0) is 18.1. The van der Waals surface area contributed by atoms with Gasteiger partial charge in [-0.3, -0.25) is 9.69 Å². The zero-order valence-corrected chi connectivity index (χ0v) is 16.8. The molecule has 0 unspecified atom stereocenters. The van der Waals surface area contributed by atoms with Crippen molar-refractivity contribution in [1.82, 2.24) is 9.97 Å². The summed E-state index contributed by atoms with van der Waals surface area (Å²) in [4.78, 5) is 24.3. The molecule has 132 valence electrons. The fraction of sp³-hybridized carbons (Fsp3) is 0.312. The molecule has 1 aliphatic rings. The Balaban J connectivity index is 2.02. The van der Waals surface area contributed by atoms with Crippen LogP contribution in [0.5, 0.6) is 0 Å². The molecule has 0 aromatic carbocycles. The molecule has 1 aliphatic carbocycles. The van der Waals surface area contributed by atoms with E-state index in [1.54, 1.807) is 6.08 Å². The highest BCUT2D eigenvalue weighted by molar-refractivity contribution is 7.16. The van der Waals surface area contributed by atoms with Crippen LogP contribution in [0.2, 0.25) is 20.2 Å². The number of amides is 1. The predicted octanol–water partition coefficient (Wildman–Crippen LogP) is 5.86. The van der Waals surface area contributed by atoms with Gasteiger partial charge in [-0.05, 0) is 25.7 Å². The molecule has 0 bridgehead atoms. The second kappa shape index (κ2) is 7.80. The summed E-state index contributed by atoms with van der Waals surface area (Å²) in [6, 6.07) is 0. The molecule has 0 aliphatic heterocycles. The topological polar surface area (TPSA) is 46.1 Å². The highest BCUT2D eigenvalue weighted by atomic mass is 35.5. The third-order valence-electron chi connectivity index (χ3n) is 3.81. The molecule has 2 aromatic rings. The SMILES string of the molecule is C=CCN(C(=O)c1nc(Cl)c(Cl)c(Cl)c1Cl)c1nc2c(s1)CCCC2. The molecule has 0 spiro atoms. The van der Waals surface area contributed by atoms with Crippen LogP contribution in [0.25, 0.3) is 0 Å². The molecule has 9 heteroatoms. The van der Waals surface area contributed by atoms with Gasteiger partial charge in [0.2, 0.25) is 0 Å². The Labute approximate surface area is 169 Å². The van der Waals surface area contributed by atoms with E-state index < -0.39 is 5.91 Å². The number of hydrogen-bond donors (Lipinski definition) is 0. The largest absolute Gasteiger partial charge is 0.280 e. The lowest BCUT2D eigenvalue weighted by atomic mass is 10.0. The molecule has 0 N–H and O–H groups in total. The van der Waals surface area contributed by atoms with E-state index in [0.717, 1.165) is 31.4 Å². The van der Waals surface area contributed by atoms with Crippen molar-refractivity contribution in [3.05, 3.63) is 49.1 Å². The first-order valence-electron chi connectivity index (χ1n) is 7.55. The maximum atomic E-state index is 13.0. The van der Waals surface area contributed by atoms with Gasteiger partial charge in [0.05, 0.1) is 20.8 Å². The van der Waals surface area contributed by atoms with E-state index in [-0.39, 0.29) is 32.5 Å². The summed E-state index contributed by atoms with van der Waals surface area (Å²) in [7, 11) is 0. The first kappa shape index (κ1) is 18.9. The van der Waals surface area contributed by atoms with E-state index in [1.165, 1.54) is 21.1 Å². The summed E-state index contributed by atoms with van der Waals surface area (Å²) in [5.74, 6) is -0.448. The average molecular weight is 437 g/mol. The number of carbonyl (C=O) groups excluding carboxylic acids is 1. The van der Waals surface area contributed by atoms with Crippen LogP contribution in [0.3, 0.4) is 0 Å². The number of halogens is 4. The van der Waals surface area contributed by atoms with Crippen LogP contribution >= 0.6 is 57.7 Å². The van der Waals surface area contributed by atoms with E-state index in [9.17, 15) is 4.79 Å². The minimum Gasteiger partial charge on any atom is -0.279 e. The number of thiazole rings is 1. The number of aryl methyl sites for hydroxylation is 2. The lowest BCUT2D eigenvalue weighted by molar-refractivity contribution is 0.0985. The molecule has 0 saturated carbocycles. The molecule has 0 saturated heterocycles. The molecule has 0 radical (unpaired) electrons. The monoisotopic (exact) mass is 435 g/mol. The van der Waals surface area contributed by atoms with E-state index in [0.29, 0.717) is 5.13 Å². The Morgan fingerprint density at radius 3 is 2.52 bits per heavy atom. The van der Waals surface area contributed by atoms with Gasteiger partial charge in [-0.15, -0.1) is 17.9 Å². The smallest absolute Gasteiger partial charge is 0.279 e. The van der Waals surface area contributed by atoms with Crippen molar-refractivity contribution in [3.63, 3.8) is 0 Å². The Kier molecular flexibility index (Phi) is 5.91. The van der Waals surface area contributed by atoms with Gasteiger partial charge >= 0.3 is 0 Å². The normalized spacial score (nSPS) is 13.4. The maximum absolute atomic E-state index is 13.0. The minimum absolute atomic E-state index is 0.00340. The zero-order valence-electron chi connectivity index (χ0n) is 13.0. The molecule has 3 rings (SSSR count). The molecule has 0 fully saturated rings. The third-order valence-corrected chi connectivity index (χ3v) is 6.67. The van der Waals surface area contributed by atoms with Crippen LogP contribution in [0.4, 0.5) is 5.13 Å². The second-order valence-corrected chi connectivity index (χ2v) is 8.02. The maximum Gasteiger partial charge on any atom is 0.280 e. The molecular formula is C16H13Cl4N3OS. The number of aromatic nitrogens is 2.